The summed E-state index contributed by atoms with van der Waals surface area (Å²) >= 11 is 0. The van der Waals surface area contributed by atoms with Crippen molar-refractivity contribution in [2.45, 2.75) is 55.9 Å². The van der Waals surface area contributed by atoms with Crippen LogP contribution in [0.25, 0.3) is 0 Å². The number of benzene rings is 1. The van der Waals surface area contributed by atoms with Crippen molar-refractivity contribution >= 4 is 5.84 Å². The van der Waals surface area contributed by atoms with Crippen molar-refractivity contribution in [3.63, 3.8) is 0 Å². The lowest BCUT2D eigenvalue weighted by atomic mass is 9.85. The first-order chi connectivity index (χ1) is 13.6. The van der Waals surface area contributed by atoms with Gasteiger partial charge in [-0.25, -0.2) is 4.39 Å². The Bertz CT molecular complexity index is 791. The van der Waals surface area contributed by atoms with Gasteiger partial charge < -0.3 is 25.0 Å². The number of hydrogen-bond donors (Lipinski definition) is 4. The highest BCUT2D eigenvalue weighted by molar-refractivity contribution is 5.88. The molecule has 0 spiro atoms. The van der Waals surface area contributed by atoms with Crippen molar-refractivity contribution in [3.8, 4) is 0 Å². The Hall–Kier alpha value is -1.58. The fourth-order valence-electron chi connectivity index (χ4n) is 4.92. The number of alkyl halides is 1. The van der Waals surface area contributed by atoms with Crippen LogP contribution in [0.3, 0.4) is 0 Å². The molecule has 2 saturated heterocycles. The Morgan fingerprint density at radius 3 is 2.79 bits per heavy atom. The van der Waals surface area contributed by atoms with Crippen LogP contribution in [-0.2, 0) is 17.6 Å². The van der Waals surface area contributed by atoms with E-state index in [1.165, 1.54) is 11.1 Å². The molecule has 2 fully saturated rings. The molecule has 28 heavy (non-hydrogen) atoms. The molecule has 0 bridgehead atoms. The van der Waals surface area contributed by atoms with E-state index in [0.717, 1.165) is 12.8 Å². The predicted molar refractivity (Wildman–Crippen MR) is 99.5 cm³/mol. The lowest BCUT2D eigenvalue weighted by Crippen LogP contribution is -2.51. The SMILES string of the molecule is O[C@@H]1[C@H](O)[C@@H]([C@H](O)c2ccc3c(c2)CC3)O[C@H]1N1CCC2C1=NCNC2CF. The maximum atomic E-state index is 13.3. The second-order valence-corrected chi connectivity index (χ2v) is 8.17. The zero-order valence-corrected chi connectivity index (χ0v) is 15.5. The largest absolute Gasteiger partial charge is 0.387 e. The van der Waals surface area contributed by atoms with Gasteiger partial charge in [-0.2, -0.15) is 0 Å². The number of rotatable bonds is 4. The molecule has 3 heterocycles. The van der Waals surface area contributed by atoms with Crippen LogP contribution in [0, 0.1) is 5.92 Å². The molecule has 152 valence electrons. The van der Waals surface area contributed by atoms with Crippen LogP contribution in [0.1, 0.15) is 29.2 Å². The van der Waals surface area contributed by atoms with Gasteiger partial charge >= 0.3 is 0 Å². The fraction of sp³-hybridized carbons (Fsp3) is 0.650. The molecular weight excluding hydrogens is 365 g/mol. The summed E-state index contributed by atoms with van der Waals surface area (Å²) in [5, 5.41) is 35.1. The summed E-state index contributed by atoms with van der Waals surface area (Å²) in [5.74, 6) is 0.650. The van der Waals surface area contributed by atoms with Gasteiger partial charge in [0.1, 0.15) is 36.9 Å². The molecule has 2 unspecified atom stereocenters. The molecule has 4 N–H and O–H groups in total. The highest BCUT2D eigenvalue weighted by Crippen LogP contribution is 2.37. The van der Waals surface area contributed by atoms with E-state index >= 15 is 0 Å². The molecule has 0 amide bonds. The van der Waals surface area contributed by atoms with Gasteiger partial charge in [0.2, 0.25) is 0 Å². The van der Waals surface area contributed by atoms with E-state index < -0.39 is 37.3 Å². The van der Waals surface area contributed by atoms with Crippen molar-refractivity contribution in [1.29, 1.82) is 0 Å². The first kappa shape index (κ1) is 18.4. The molecular formula is C20H26FN3O4. The molecule has 0 aromatic heterocycles. The quantitative estimate of drug-likeness (QED) is 0.572. The van der Waals surface area contributed by atoms with Crippen LogP contribution in [0.5, 0.6) is 0 Å². The number of aliphatic hydroxyl groups is 3. The highest BCUT2D eigenvalue weighted by atomic mass is 19.1. The Morgan fingerprint density at radius 2 is 2.07 bits per heavy atom. The highest BCUT2D eigenvalue weighted by Gasteiger charge is 2.52. The number of aliphatic imine (C=N–C) groups is 1. The van der Waals surface area contributed by atoms with E-state index in [-0.39, 0.29) is 12.0 Å². The first-order valence-corrected chi connectivity index (χ1v) is 10.00. The molecule has 3 aliphatic heterocycles. The second-order valence-electron chi connectivity index (χ2n) is 8.17. The van der Waals surface area contributed by atoms with Gasteiger partial charge in [0.05, 0.1) is 6.67 Å². The summed E-state index contributed by atoms with van der Waals surface area (Å²) in [4.78, 5) is 6.29. The third kappa shape index (κ3) is 2.78. The number of aliphatic hydroxyl groups excluding tert-OH is 3. The monoisotopic (exact) mass is 391 g/mol. The smallest absolute Gasteiger partial charge is 0.160 e. The molecule has 4 aliphatic rings. The number of nitrogens with zero attached hydrogens (tertiary/aromatic N) is 2. The summed E-state index contributed by atoms with van der Waals surface area (Å²) in [6, 6.07) is 5.52. The standard InChI is InChI=1S/C20H26FN3O4/c21-8-14-13-5-6-24(19(13)23-9-22-14)20-17(27)16(26)18(28-20)15(25)12-4-2-10-1-3-11(10)7-12/h2,4,7,13-18,20,22,25-27H,1,3,5-6,8-9H2/t13?,14?,15-,16+,17-,18-,20-/m1/s1. The van der Waals surface area contributed by atoms with E-state index in [9.17, 15) is 19.7 Å². The molecule has 5 rings (SSSR count). The molecule has 1 aromatic rings. The van der Waals surface area contributed by atoms with Crippen LogP contribution in [-0.4, -0.2) is 76.5 Å². The number of hydrogen-bond acceptors (Lipinski definition) is 7. The average Bonchev–Trinajstić information content (AvgIpc) is 3.24. The fourth-order valence-corrected chi connectivity index (χ4v) is 4.92. The number of halogens is 1. The van der Waals surface area contributed by atoms with Crippen LogP contribution in [0.2, 0.25) is 0 Å². The predicted octanol–water partition coefficient (Wildman–Crippen LogP) is -0.115. The van der Waals surface area contributed by atoms with Crippen molar-refractivity contribution in [2.75, 3.05) is 19.9 Å². The Kier molecular flexibility index (Phi) is 4.64. The van der Waals surface area contributed by atoms with Crippen LogP contribution < -0.4 is 5.32 Å². The lowest BCUT2D eigenvalue weighted by Gasteiger charge is -2.33. The van der Waals surface area contributed by atoms with Gasteiger partial charge in [-0.05, 0) is 36.0 Å². The van der Waals surface area contributed by atoms with E-state index in [1.807, 2.05) is 23.1 Å². The summed E-state index contributed by atoms with van der Waals surface area (Å²) in [7, 11) is 0. The molecule has 1 aromatic carbocycles. The van der Waals surface area contributed by atoms with Gasteiger partial charge in [0, 0.05) is 18.5 Å². The Balaban J connectivity index is 1.35. The second kappa shape index (κ2) is 7.03. The number of ether oxygens (including phenoxy) is 1. The van der Waals surface area contributed by atoms with Gasteiger partial charge in [-0.1, -0.05) is 18.2 Å². The zero-order valence-electron chi connectivity index (χ0n) is 15.5. The van der Waals surface area contributed by atoms with Gasteiger partial charge in [0.15, 0.2) is 6.23 Å². The first-order valence-electron chi connectivity index (χ1n) is 10.00. The minimum absolute atomic E-state index is 0.0661. The molecule has 7 nitrogen and oxygen atoms in total. The third-order valence-electron chi connectivity index (χ3n) is 6.68. The van der Waals surface area contributed by atoms with E-state index in [4.69, 9.17) is 4.74 Å². The van der Waals surface area contributed by atoms with Crippen LogP contribution in [0.15, 0.2) is 23.2 Å². The summed E-state index contributed by atoms with van der Waals surface area (Å²) in [6.07, 6.45) is -2.40. The maximum absolute atomic E-state index is 13.3. The van der Waals surface area contributed by atoms with Crippen molar-refractivity contribution in [1.82, 2.24) is 10.2 Å². The van der Waals surface area contributed by atoms with Crippen LogP contribution >= 0.6 is 0 Å². The van der Waals surface area contributed by atoms with Gasteiger partial charge in [-0.15, -0.1) is 0 Å². The zero-order chi connectivity index (χ0) is 19.4. The number of amidine groups is 1. The minimum atomic E-state index is -1.22. The Labute approximate surface area is 162 Å². The number of fused-ring (bicyclic) bond motifs is 2. The van der Waals surface area contributed by atoms with E-state index in [2.05, 4.69) is 10.3 Å². The van der Waals surface area contributed by atoms with Crippen LogP contribution in [0.4, 0.5) is 4.39 Å². The van der Waals surface area contributed by atoms with Crippen molar-refractivity contribution in [3.05, 3.63) is 34.9 Å². The average molecular weight is 391 g/mol. The van der Waals surface area contributed by atoms with Crippen molar-refractivity contribution < 1.29 is 24.4 Å². The summed E-state index contributed by atoms with van der Waals surface area (Å²) in [6.45, 7) is 0.412. The minimum Gasteiger partial charge on any atom is -0.387 e. The summed E-state index contributed by atoms with van der Waals surface area (Å²) in [5.41, 5.74) is 3.19. The third-order valence-corrected chi connectivity index (χ3v) is 6.68. The molecule has 0 radical (unpaired) electrons. The van der Waals surface area contributed by atoms with Crippen molar-refractivity contribution in [2.24, 2.45) is 10.9 Å². The molecule has 0 saturated carbocycles. The molecule has 7 atom stereocenters. The van der Waals surface area contributed by atoms with E-state index in [0.29, 0.717) is 31.0 Å². The van der Waals surface area contributed by atoms with E-state index in [1.54, 1.807) is 0 Å². The summed E-state index contributed by atoms with van der Waals surface area (Å²) < 4.78 is 19.3. The Morgan fingerprint density at radius 1 is 1.25 bits per heavy atom. The number of likely N-dealkylation sites (tertiary alicyclic amines) is 1. The maximum Gasteiger partial charge on any atom is 0.160 e. The number of nitrogens with one attached hydrogen (secondary N) is 1. The van der Waals surface area contributed by atoms with Gasteiger partial charge in [0.25, 0.3) is 0 Å². The normalized spacial score (nSPS) is 37.9. The number of aryl methyl sites for hydroxylation is 2. The molecule has 8 heteroatoms. The molecule has 1 aliphatic carbocycles. The lowest BCUT2D eigenvalue weighted by molar-refractivity contribution is -0.0956. The topological polar surface area (TPSA) is 97.5 Å². The van der Waals surface area contributed by atoms with Gasteiger partial charge in [-0.3, -0.25) is 10.3 Å².